The van der Waals surface area contributed by atoms with E-state index in [-0.39, 0.29) is 5.54 Å². The van der Waals surface area contributed by atoms with Crippen LogP contribution in [-0.2, 0) is 0 Å². The van der Waals surface area contributed by atoms with Gasteiger partial charge in [-0.25, -0.2) is 0 Å². The zero-order chi connectivity index (χ0) is 14.6. The Balaban J connectivity index is 2.11. The quantitative estimate of drug-likeness (QED) is 0.860. The molecule has 0 spiro atoms. The second kappa shape index (κ2) is 7.24. The fourth-order valence-corrected chi connectivity index (χ4v) is 4.37. The lowest BCUT2D eigenvalue weighted by atomic mass is 9.84. The average Bonchev–Trinajstić information content (AvgIpc) is 2.70. The molecule has 0 radical (unpaired) electrons. The molecule has 3 heteroatoms. The van der Waals surface area contributed by atoms with E-state index in [9.17, 15) is 0 Å². The fraction of sp³-hybridized carbons (Fsp3) is 1.00. The third-order valence-corrected chi connectivity index (χ3v) is 5.77. The third-order valence-electron chi connectivity index (χ3n) is 5.77. The summed E-state index contributed by atoms with van der Waals surface area (Å²) in [7, 11) is 0. The van der Waals surface area contributed by atoms with Gasteiger partial charge < -0.3 is 10.6 Å². The highest BCUT2D eigenvalue weighted by molar-refractivity contribution is 4.98. The van der Waals surface area contributed by atoms with Gasteiger partial charge in [0.2, 0.25) is 0 Å². The molecule has 2 fully saturated rings. The first-order valence-corrected chi connectivity index (χ1v) is 8.84. The van der Waals surface area contributed by atoms with E-state index in [4.69, 9.17) is 5.73 Å². The average molecular weight is 281 g/mol. The number of nitrogens with two attached hydrogens (primary N) is 1. The second-order valence-electron chi connectivity index (χ2n) is 7.16. The van der Waals surface area contributed by atoms with Gasteiger partial charge in [-0.3, -0.25) is 4.90 Å². The van der Waals surface area contributed by atoms with Gasteiger partial charge >= 0.3 is 0 Å². The van der Waals surface area contributed by atoms with Crippen molar-refractivity contribution >= 4 is 0 Å². The first kappa shape index (κ1) is 16.3. The van der Waals surface area contributed by atoms with Crippen LogP contribution in [-0.4, -0.2) is 53.6 Å². The molecule has 2 heterocycles. The Morgan fingerprint density at radius 2 is 1.90 bits per heavy atom. The van der Waals surface area contributed by atoms with E-state index in [1.54, 1.807) is 0 Å². The number of hydrogen-bond acceptors (Lipinski definition) is 3. The highest BCUT2D eigenvalue weighted by Gasteiger charge is 2.40. The Kier molecular flexibility index (Phi) is 5.88. The van der Waals surface area contributed by atoms with Crippen LogP contribution in [0.15, 0.2) is 0 Å². The molecule has 0 bridgehead atoms. The van der Waals surface area contributed by atoms with Crippen LogP contribution in [0.5, 0.6) is 0 Å². The Hall–Kier alpha value is -0.120. The molecule has 20 heavy (non-hydrogen) atoms. The van der Waals surface area contributed by atoms with E-state index >= 15 is 0 Å². The lowest BCUT2D eigenvalue weighted by Crippen LogP contribution is -2.59. The lowest BCUT2D eigenvalue weighted by molar-refractivity contribution is 0.00947. The maximum Gasteiger partial charge on any atom is 0.0347 e. The molecular formula is C17H35N3. The molecule has 0 saturated carbocycles. The molecule has 2 unspecified atom stereocenters. The Labute approximate surface area is 125 Å². The van der Waals surface area contributed by atoms with Crippen molar-refractivity contribution in [1.29, 1.82) is 0 Å². The molecule has 0 amide bonds. The van der Waals surface area contributed by atoms with Crippen molar-refractivity contribution in [2.24, 2.45) is 5.73 Å². The van der Waals surface area contributed by atoms with E-state index in [0.717, 1.165) is 12.6 Å². The van der Waals surface area contributed by atoms with Crippen LogP contribution in [0, 0.1) is 0 Å². The van der Waals surface area contributed by atoms with E-state index in [2.05, 4.69) is 30.6 Å². The van der Waals surface area contributed by atoms with Crippen LogP contribution in [0.3, 0.4) is 0 Å². The van der Waals surface area contributed by atoms with Gasteiger partial charge in [-0.2, -0.15) is 0 Å². The van der Waals surface area contributed by atoms with Gasteiger partial charge in [0, 0.05) is 30.7 Å². The van der Waals surface area contributed by atoms with Crippen LogP contribution < -0.4 is 5.73 Å². The first-order chi connectivity index (χ1) is 9.63. The summed E-state index contributed by atoms with van der Waals surface area (Å²) >= 11 is 0. The van der Waals surface area contributed by atoms with Crippen molar-refractivity contribution in [3.63, 3.8) is 0 Å². The molecule has 2 saturated heterocycles. The smallest absolute Gasteiger partial charge is 0.0347 e. The van der Waals surface area contributed by atoms with Crippen molar-refractivity contribution < 1.29 is 0 Å². The monoisotopic (exact) mass is 281 g/mol. The molecule has 3 nitrogen and oxygen atoms in total. The summed E-state index contributed by atoms with van der Waals surface area (Å²) in [4.78, 5) is 5.46. The molecule has 2 aliphatic heterocycles. The normalized spacial score (nSPS) is 34.4. The summed E-state index contributed by atoms with van der Waals surface area (Å²) in [6.45, 7) is 11.6. The van der Waals surface area contributed by atoms with Gasteiger partial charge in [-0.15, -0.1) is 0 Å². The zero-order valence-corrected chi connectivity index (χ0v) is 13.9. The minimum atomic E-state index is 0.282. The van der Waals surface area contributed by atoms with Gasteiger partial charge in [-0.1, -0.05) is 13.3 Å². The minimum absolute atomic E-state index is 0.282. The van der Waals surface area contributed by atoms with Crippen LogP contribution in [0.2, 0.25) is 0 Å². The number of rotatable bonds is 4. The van der Waals surface area contributed by atoms with Crippen LogP contribution >= 0.6 is 0 Å². The minimum Gasteiger partial charge on any atom is -0.329 e. The lowest BCUT2D eigenvalue weighted by Gasteiger charge is -2.49. The predicted molar refractivity (Wildman–Crippen MR) is 87.0 cm³/mol. The summed E-state index contributed by atoms with van der Waals surface area (Å²) in [6.07, 6.45) is 9.31. The van der Waals surface area contributed by atoms with Gasteiger partial charge in [-0.05, 0) is 65.5 Å². The summed E-state index contributed by atoms with van der Waals surface area (Å²) in [6, 6.07) is 1.45. The molecule has 2 rings (SSSR count). The number of nitrogens with zero attached hydrogens (tertiary/aromatic N) is 2. The molecular weight excluding hydrogens is 246 g/mol. The number of likely N-dealkylation sites (tertiary alicyclic amines) is 2. The topological polar surface area (TPSA) is 32.5 Å². The fourth-order valence-electron chi connectivity index (χ4n) is 4.37. The SMILES string of the molecule is CCC1CCCCN1C1(CN)CCCN(C(C)C)CC1. The van der Waals surface area contributed by atoms with Crippen molar-refractivity contribution in [3.05, 3.63) is 0 Å². The van der Waals surface area contributed by atoms with Gasteiger partial charge in [0.1, 0.15) is 0 Å². The molecule has 0 aromatic heterocycles. The molecule has 0 aromatic rings. The maximum atomic E-state index is 6.32. The maximum absolute atomic E-state index is 6.32. The Morgan fingerprint density at radius 1 is 1.10 bits per heavy atom. The van der Waals surface area contributed by atoms with Gasteiger partial charge in [0.15, 0.2) is 0 Å². The summed E-state index contributed by atoms with van der Waals surface area (Å²) in [5, 5.41) is 0. The highest BCUT2D eigenvalue weighted by Crippen LogP contribution is 2.35. The standard InChI is InChI=1S/C17H35N3/c1-4-16-8-5-6-12-20(16)17(14-18)9-7-11-19(13-10-17)15(2)3/h15-16H,4-14,18H2,1-3H3. The Morgan fingerprint density at radius 3 is 2.55 bits per heavy atom. The number of hydrogen-bond donors (Lipinski definition) is 1. The summed E-state index contributed by atoms with van der Waals surface area (Å²) < 4.78 is 0. The van der Waals surface area contributed by atoms with Crippen LogP contribution in [0.25, 0.3) is 0 Å². The van der Waals surface area contributed by atoms with Crippen molar-refractivity contribution in [2.75, 3.05) is 26.2 Å². The Bertz CT molecular complexity index is 292. The molecule has 0 aromatic carbocycles. The second-order valence-corrected chi connectivity index (χ2v) is 7.16. The number of piperidine rings is 1. The van der Waals surface area contributed by atoms with E-state index < -0.39 is 0 Å². The first-order valence-electron chi connectivity index (χ1n) is 8.84. The van der Waals surface area contributed by atoms with Gasteiger partial charge in [0.25, 0.3) is 0 Å². The van der Waals surface area contributed by atoms with Gasteiger partial charge in [0.05, 0.1) is 0 Å². The van der Waals surface area contributed by atoms with Crippen molar-refractivity contribution in [2.45, 2.75) is 83.3 Å². The van der Waals surface area contributed by atoms with Crippen molar-refractivity contribution in [3.8, 4) is 0 Å². The predicted octanol–water partition coefficient (Wildman–Crippen LogP) is 2.84. The van der Waals surface area contributed by atoms with E-state index in [1.807, 2.05) is 0 Å². The highest BCUT2D eigenvalue weighted by atomic mass is 15.3. The molecule has 2 N–H and O–H groups in total. The zero-order valence-electron chi connectivity index (χ0n) is 13.9. The summed E-state index contributed by atoms with van der Waals surface area (Å²) in [5.41, 5.74) is 6.60. The summed E-state index contributed by atoms with van der Waals surface area (Å²) in [5.74, 6) is 0. The van der Waals surface area contributed by atoms with E-state index in [1.165, 1.54) is 64.6 Å². The molecule has 2 atom stereocenters. The molecule has 0 aliphatic carbocycles. The third kappa shape index (κ3) is 3.37. The van der Waals surface area contributed by atoms with E-state index in [0.29, 0.717) is 6.04 Å². The molecule has 118 valence electrons. The van der Waals surface area contributed by atoms with Crippen molar-refractivity contribution in [1.82, 2.24) is 9.80 Å². The van der Waals surface area contributed by atoms with Crippen LogP contribution in [0.4, 0.5) is 0 Å². The largest absolute Gasteiger partial charge is 0.329 e. The molecule has 2 aliphatic rings. The van der Waals surface area contributed by atoms with Crippen LogP contribution in [0.1, 0.15) is 65.7 Å².